The number of benzene rings is 2. The molecule has 1 aliphatic carbocycles. The molecule has 2 atom stereocenters. The van der Waals surface area contributed by atoms with Crippen LogP contribution in [0.5, 0.6) is 0 Å². The van der Waals surface area contributed by atoms with Gasteiger partial charge in [0, 0.05) is 45.0 Å². The molecule has 2 heterocycles. The van der Waals surface area contributed by atoms with Gasteiger partial charge in [0.15, 0.2) is 0 Å². The molecular weight excluding hydrogens is 422 g/mol. The largest absolute Gasteiger partial charge is 0.416 e. The van der Waals surface area contributed by atoms with Crippen molar-refractivity contribution in [3.63, 3.8) is 0 Å². The topological polar surface area (TPSA) is 27.7 Å². The third-order valence-electron chi connectivity index (χ3n) is 6.98. The van der Waals surface area contributed by atoms with Crippen LogP contribution in [0.4, 0.5) is 28.9 Å². The van der Waals surface area contributed by atoms with E-state index in [0.29, 0.717) is 56.3 Å². The third kappa shape index (κ3) is 4.57. The minimum Gasteiger partial charge on any atom is -0.385 e. The van der Waals surface area contributed by atoms with Gasteiger partial charge in [-0.05, 0) is 53.6 Å². The first kappa shape index (κ1) is 21.5. The van der Waals surface area contributed by atoms with E-state index in [0.717, 1.165) is 43.0 Å². The van der Waals surface area contributed by atoms with Gasteiger partial charge in [-0.2, -0.15) is 13.2 Å². The average Bonchev–Trinajstić information content (AvgIpc) is 3.23. The van der Waals surface area contributed by atoms with Crippen LogP contribution in [0.25, 0.3) is 0 Å². The normalized spacial score (nSPS) is 25.6. The Kier molecular flexibility index (Phi) is 5.75. The molecule has 1 N–H and O–H groups in total. The second-order valence-corrected chi connectivity index (χ2v) is 9.03. The fourth-order valence-electron chi connectivity index (χ4n) is 5.14. The van der Waals surface area contributed by atoms with Crippen molar-refractivity contribution in [3.05, 3.63) is 59.4 Å². The van der Waals surface area contributed by atoms with Crippen LogP contribution in [0.3, 0.4) is 0 Å². The van der Waals surface area contributed by atoms with Crippen molar-refractivity contribution in [1.82, 2.24) is 4.90 Å². The smallest absolute Gasteiger partial charge is 0.385 e. The highest BCUT2D eigenvalue weighted by Gasteiger charge is 2.54. The minimum absolute atomic E-state index is 0.212. The van der Waals surface area contributed by atoms with Crippen molar-refractivity contribution in [3.8, 4) is 0 Å². The Balaban J connectivity index is 1.08. The number of morpholine rings is 1. The van der Waals surface area contributed by atoms with E-state index in [9.17, 15) is 17.6 Å². The van der Waals surface area contributed by atoms with Crippen LogP contribution in [0.15, 0.2) is 42.5 Å². The van der Waals surface area contributed by atoms with E-state index in [2.05, 4.69) is 10.2 Å². The van der Waals surface area contributed by atoms with Crippen molar-refractivity contribution in [2.75, 3.05) is 56.2 Å². The number of likely N-dealkylation sites (tertiary alicyclic amines) is 1. The summed E-state index contributed by atoms with van der Waals surface area (Å²) in [5.41, 5.74) is 1.73. The summed E-state index contributed by atoms with van der Waals surface area (Å²) in [7, 11) is 0. The van der Waals surface area contributed by atoms with Crippen molar-refractivity contribution in [1.29, 1.82) is 0 Å². The van der Waals surface area contributed by atoms with Crippen molar-refractivity contribution in [2.24, 2.45) is 17.8 Å². The van der Waals surface area contributed by atoms with Crippen molar-refractivity contribution < 1.29 is 22.3 Å². The molecule has 2 unspecified atom stereocenters. The van der Waals surface area contributed by atoms with Crippen LogP contribution in [-0.4, -0.2) is 50.8 Å². The number of piperidine rings is 1. The molecule has 0 amide bonds. The van der Waals surface area contributed by atoms with E-state index in [-0.39, 0.29) is 5.82 Å². The summed E-state index contributed by atoms with van der Waals surface area (Å²) in [6.45, 7) is 6.08. The van der Waals surface area contributed by atoms with Gasteiger partial charge in [-0.1, -0.05) is 12.1 Å². The second kappa shape index (κ2) is 8.56. The molecule has 2 aliphatic heterocycles. The van der Waals surface area contributed by atoms with Gasteiger partial charge in [-0.3, -0.25) is 4.90 Å². The summed E-state index contributed by atoms with van der Waals surface area (Å²) in [5, 5.41) is 3.38. The molecule has 0 bridgehead atoms. The zero-order valence-corrected chi connectivity index (χ0v) is 17.7. The number of anilines is 2. The van der Waals surface area contributed by atoms with Gasteiger partial charge in [-0.15, -0.1) is 0 Å². The first-order valence-electron chi connectivity index (χ1n) is 11.1. The Hall–Kier alpha value is -2.32. The molecule has 3 aliphatic rings. The Morgan fingerprint density at radius 2 is 1.66 bits per heavy atom. The first-order chi connectivity index (χ1) is 15.4. The van der Waals surface area contributed by atoms with E-state index in [1.54, 1.807) is 18.2 Å². The van der Waals surface area contributed by atoms with Gasteiger partial charge in [0.1, 0.15) is 5.82 Å². The van der Waals surface area contributed by atoms with Crippen LogP contribution in [-0.2, 0) is 17.5 Å². The molecule has 1 saturated carbocycles. The number of nitrogens with one attached hydrogen (secondary N) is 1. The number of rotatable bonds is 6. The summed E-state index contributed by atoms with van der Waals surface area (Å²) in [4.78, 5) is 4.32. The summed E-state index contributed by atoms with van der Waals surface area (Å²) >= 11 is 0. The highest BCUT2D eigenvalue weighted by molar-refractivity contribution is 5.56. The molecular formula is C24H27F4N3O. The predicted octanol–water partition coefficient (Wildman–Crippen LogP) is 4.47. The highest BCUT2D eigenvalue weighted by atomic mass is 19.4. The fourth-order valence-corrected chi connectivity index (χ4v) is 5.14. The SMILES string of the molecule is Fc1cc(NCC2C3CN(Cc4ccc(C(F)(F)F)cc4)CC23)ccc1N1CCOCC1. The van der Waals surface area contributed by atoms with Crippen molar-refractivity contribution >= 4 is 11.4 Å². The quantitative estimate of drug-likeness (QED) is 0.659. The Bertz CT molecular complexity index is 931. The minimum atomic E-state index is -4.29. The molecule has 2 aromatic rings. The molecule has 2 aromatic carbocycles. The average molecular weight is 449 g/mol. The number of ether oxygens (including phenoxy) is 1. The lowest BCUT2D eigenvalue weighted by Gasteiger charge is -2.29. The number of hydrogen-bond acceptors (Lipinski definition) is 4. The molecule has 0 spiro atoms. The standard InChI is InChI=1S/C24H27F4N3O/c25-22-11-18(5-6-23(22)31-7-9-32-10-8-31)29-12-19-20-14-30(15-21(19)20)13-16-1-3-17(4-2-16)24(26,27)28/h1-6,11,19-21,29H,7-10,12-15H2. The molecule has 0 aromatic heterocycles. The number of halogens is 4. The molecule has 32 heavy (non-hydrogen) atoms. The lowest BCUT2D eigenvalue weighted by atomic mass is 10.1. The van der Waals surface area contributed by atoms with Gasteiger partial charge < -0.3 is 15.0 Å². The molecule has 2 saturated heterocycles. The summed E-state index contributed by atoms with van der Waals surface area (Å²) in [6.07, 6.45) is -4.29. The lowest BCUT2D eigenvalue weighted by molar-refractivity contribution is -0.137. The van der Waals surface area contributed by atoms with E-state index in [1.165, 1.54) is 0 Å². The van der Waals surface area contributed by atoms with E-state index >= 15 is 0 Å². The predicted molar refractivity (Wildman–Crippen MR) is 115 cm³/mol. The van der Waals surface area contributed by atoms with Crippen LogP contribution in [0, 0.1) is 23.6 Å². The van der Waals surface area contributed by atoms with E-state index in [4.69, 9.17) is 4.74 Å². The summed E-state index contributed by atoms with van der Waals surface area (Å²) in [6, 6.07) is 10.8. The Morgan fingerprint density at radius 1 is 0.969 bits per heavy atom. The van der Waals surface area contributed by atoms with Gasteiger partial charge in [-0.25, -0.2) is 4.39 Å². The zero-order chi connectivity index (χ0) is 22.3. The van der Waals surface area contributed by atoms with Gasteiger partial charge >= 0.3 is 6.18 Å². The third-order valence-corrected chi connectivity index (χ3v) is 6.98. The number of hydrogen-bond donors (Lipinski definition) is 1. The number of alkyl halides is 3. The maximum Gasteiger partial charge on any atom is 0.416 e. The van der Waals surface area contributed by atoms with Crippen LogP contribution >= 0.6 is 0 Å². The summed E-state index contributed by atoms with van der Waals surface area (Å²) < 4.78 is 58.0. The van der Waals surface area contributed by atoms with Gasteiger partial charge in [0.05, 0.1) is 24.5 Å². The Morgan fingerprint density at radius 3 is 2.28 bits per heavy atom. The Labute approximate surface area is 185 Å². The number of fused-ring (bicyclic) bond motifs is 1. The second-order valence-electron chi connectivity index (χ2n) is 9.03. The first-order valence-corrected chi connectivity index (χ1v) is 11.1. The zero-order valence-electron chi connectivity index (χ0n) is 17.7. The lowest BCUT2D eigenvalue weighted by Crippen LogP contribution is -2.36. The maximum absolute atomic E-state index is 14.6. The molecule has 5 rings (SSSR count). The summed E-state index contributed by atoms with van der Waals surface area (Å²) in [5.74, 6) is 1.57. The number of nitrogens with zero attached hydrogens (tertiary/aromatic N) is 2. The molecule has 8 heteroatoms. The van der Waals surface area contributed by atoms with Crippen molar-refractivity contribution in [2.45, 2.75) is 12.7 Å². The van der Waals surface area contributed by atoms with E-state index < -0.39 is 11.7 Å². The highest BCUT2D eigenvalue weighted by Crippen LogP contribution is 2.51. The fraction of sp³-hybridized carbons (Fsp3) is 0.500. The van der Waals surface area contributed by atoms with E-state index in [1.807, 2.05) is 17.0 Å². The van der Waals surface area contributed by atoms with Gasteiger partial charge in [0.25, 0.3) is 0 Å². The molecule has 172 valence electrons. The maximum atomic E-state index is 14.6. The van der Waals surface area contributed by atoms with Crippen LogP contribution in [0.1, 0.15) is 11.1 Å². The molecule has 4 nitrogen and oxygen atoms in total. The molecule has 3 fully saturated rings. The molecule has 0 radical (unpaired) electrons. The van der Waals surface area contributed by atoms with Crippen LogP contribution in [0.2, 0.25) is 0 Å². The van der Waals surface area contributed by atoms with Crippen LogP contribution < -0.4 is 10.2 Å². The van der Waals surface area contributed by atoms with Gasteiger partial charge in [0.2, 0.25) is 0 Å². The monoisotopic (exact) mass is 449 g/mol.